The highest BCUT2D eigenvalue weighted by molar-refractivity contribution is 6.37. The Morgan fingerprint density at radius 1 is 1.12 bits per heavy atom. The van der Waals surface area contributed by atoms with Crippen LogP contribution in [-0.2, 0) is 0 Å². The Labute approximate surface area is 147 Å². The fraction of sp³-hybridized carbons (Fsp3) is 0.125. The van der Waals surface area contributed by atoms with E-state index in [1.54, 1.807) is 0 Å². The van der Waals surface area contributed by atoms with Crippen LogP contribution in [0.25, 0.3) is 0 Å². The van der Waals surface area contributed by atoms with Crippen molar-refractivity contribution in [1.29, 1.82) is 0 Å². The number of aromatic hydroxyl groups is 1. The van der Waals surface area contributed by atoms with Crippen LogP contribution < -0.4 is 10.1 Å². The molecule has 0 saturated heterocycles. The SMILES string of the molecule is COc1c(Cl)cc(C(=O)Nc2cc(C)c(O)c(C(=O)O)c2)cc1Cl. The number of anilines is 1. The minimum atomic E-state index is -1.30. The first-order valence-corrected chi connectivity index (χ1v) is 7.41. The molecule has 0 aromatic heterocycles. The van der Waals surface area contributed by atoms with Crippen LogP contribution in [0.15, 0.2) is 24.3 Å². The molecule has 0 spiro atoms. The third kappa shape index (κ3) is 3.55. The predicted octanol–water partition coefficient (Wildman–Crippen LogP) is 3.97. The molecule has 0 heterocycles. The molecule has 0 saturated carbocycles. The number of halogens is 2. The minimum absolute atomic E-state index is 0.170. The van der Waals surface area contributed by atoms with E-state index in [4.69, 9.17) is 33.0 Å². The molecule has 2 aromatic carbocycles. The largest absolute Gasteiger partial charge is 0.507 e. The Morgan fingerprint density at radius 2 is 1.71 bits per heavy atom. The van der Waals surface area contributed by atoms with Gasteiger partial charge in [-0.2, -0.15) is 0 Å². The zero-order valence-corrected chi connectivity index (χ0v) is 14.2. The maximum absolute atomic E-state index is 12.3. The number of nitrogens with one attached hydrogen (secondary N) is 1. The monoisotopic (exact) mass is 369 g/mol. The molecule has 2 rings (SSSR count). The Bertz CT molecular complexity index is 812. The van der Waals surface area contributed by atoms with Gasteiger partial charge in [-0.05, 0) is 36.8 Å². The first-order valence-electron chi connectivity index (χ1n) is 6.66. The second kappa shape index (κ2) is 6.98. The first kappa shape index (κ1) is 17.9. The smallest absolute Gasteiger partial charge is 0.339 e. The van der Waals surface area contributed by atoms with Gasteiger partial charge in [0.1, 0.15) is 11.3 Å². The number of phenols is 1. The summed E-state index contributed by atoms with van der Waals surface area (Å²) in [5, 5.41) is 21.7. The van der Waals surface area contributed by atoms with Gasteiger partial charge in [-0.3, -0.25) is 4.79 Å². The maximum Gasteiger partial charge on any atom is 0.339 e. The molecule has 0 aliphatic carbocycles. The Morgan fingerprint density at radius 3 is 2.21 bits per heavy atom. The van der Waals surface area contributed by atoms with Crippen molar-refractivity contribution in [2.24, 2.45) is 0 Å². The average Bonchev–Trinajstić information content (AvgIpc) is 2.50. The summed E-state index contributed by atoms with van der Waals surface area (Å²) in [7, 11) is 1.40. The van der Waals surface area contributed by atoms with E-state index < -0.39 is 11.9 Å². The van der Waals surface area contributed by atoms with E-state index in [0.29, 0.717) is 5.56 Å². The van der Waals surface area contributed by atoms with E-state index in [2.05, 4.69) is 5.32 Å². The summed E-state index contributed by atoms with van der Waals surface area (Å²) in [6.07, 6.45) is 0. The van der Waals surface area contributed by atoms with Crippen molar-refractivity contribution in [1.82, 2.24) is 0 Å². The molecule has 0 bridgehead atoms. The van der Waals surface area contributed by atoms with Crippen LogP contribution in [-0.4, -0.2) is 29.2 Å². The number of ether oxygens (including phenoxy) is 1. The van der Waals surface area contributed by atoms with Crippen LogP contribution in [0.2, 0.25) is 10.0 Å². The third-order valence-corrected chi connectivity index (χ3v) is 3.81. The van der Waals surface area contributed by atoms with Crippen LogP contribution in [0.4, 0.5) is 5.69 Å². The molecule has 2 aromatic rings. The van der Waals surface area contributed by atoms with Crippen molar-refractivity contribution >= 4 is 40.8 Å². The molecule has 0 unspecified atom stereocenters. The number of methoxy groups -OCH3 is 1. The number of carboxylic acids is 1. The van der Waals surface area contributed by atoms with Gasteiger partial charge in [0.25, 0.3) is 5.91 Å². The number of carboxylic acid groups (broad SMARTS) is 1. The van der Waals surface area contributed by atoms with Crippen molar-refractivity contribution in [3.63, 3.8) is 0 Å². The summed E-state index contributed by atoms with van der Waals surface area (Å²) < 4.78 is 5.01. The standard InChI is InChI=1S/C16H13Cl2NO5/c1-7-3-9(6-10(13(7)20)16(22)23)19-15(21)8-4-11(17)14(24-2)12(18)5-8/h3-6,20H,1-2H3,(H,19,21)(H,22,23). The number of aryl methyl sites for hydroxylation is 1. The molecular weight excluding hydrogens is 357 g/mol. The minimum Gasteiger partial charge on any atom is -0.507 e. The van der Waals surface area contributed by atoms with Crippen LogP contribution in [0, 0.1) is 6.92 Å². The van der Waals surface area contributed by atoms with Gasteiger partial charge in [-0.25, -0.2) is 4.79 Å². The van der Waals surface area contributed by atoms with E-state index in [0.717, 1.165) is 6.07 Å². The topological polar surface area (TPSA) is 95.9 Å². The highest BCUT2D eigenvalue weighted by Crippen LogP contribution is 2.34. The summed E-state index contributed by atoms with van der Waals surface area (Å²) in [6, 6.07) is 5.38. The van der Waals surface area contributed by atoms with E-state index in [9.17, 15) is 14.7 Å². The van der Waals surface area contributed by atoms with Gasteiger partial charge in [0, 0.05) is 11.3 Å². The fourth-order valence-electron chi connectivity index (χ4n) is 2.10. The van der Waals surface area contributed by atoms with E-state index in [1.807, 2.05) is 0 Å². The lowest BCUT2D eigenvalue weighted by atomic mass is 10.1. The van der Waals surface area contributed by atoms with E-state index >= 15 is 0 Å². The van der Waals surface area contributed by atoms with Crippen molar-refractivity contribution in [3.8, 4) is 11.5 Å². The zero-order chi connectivity index (χ0) is 18.0. The van der Waals surface area contributed by atoms with Crippen molar-refractivity contribution in [2.75, 3.05) is 12.4 Å². The molecule has 6 nitrogen and oxygen atoms in total. The quantitative estimate of drug-likeness (QED) is 0.708. The molecular formula is C16H13Cl2NO5. The molecule has 0 aliphatic heterocycles. The second-order valence-electron chi connectivity index (χ2n) is 4.92. The van der Waals surface area contributed by atoms with E-state index in [1.165, 1.54) is 32.2 Å². The second-order valence-corrected chi connectivity index (χ2v) is 5.74. The first-order chi connectivity index (χ1) is 11.2. The van der Waals surface area contributed by atoms with Crippen LogP contribution >= 0.6 is 23.2 Å². The maximum atomic E-state index is 12.3. The average molecular weight is 370 g/mol. The molecule has 126 valence electrons. The fourth-order valence-corrected chi connectivity index (χ4v) is 2.75. The third-order valence-electron chi connectivity index (χ3n) is 3.25. The number of aromatic carboxylic acids is 1. The van der Waals surface area contributed by atoms with Crippen molar-refractivity contribution in [3.05, 3.63) is 51.0 Å². The number of amides is 1. The molecule has 0 radical (unpaired) electrons. The van der Waals surface area contributed by atoms with Gasteiger partial charge in [-0.1, -0.05) is 23.2 Å². The lowest BCUT2D eigenvalue weighted by Crippen LogP contribution is -2.13. The van der Waals surface area contributed by atoms with Gasteiger partial charge in [0.15, 0.2) is 5.75 Å². The number of carbonyl (C=O) groups excluding carboxylic acids is 1. The van der Waals surface area contributed by atoms with Gasteiger partial charge in [0.2, 0.25) is 0 Å². The lowest BCUT2D eigenvalue weighted by Gasteiger charge is -2.11. The lowest BCUT2D eigenvalue weighted by molar-refractivity contribution is 0.0693. The Kier molecular flexibility index (Phi) is 5.21. The molecule has 24 heavy (non-hydrogen) atoms. The normalized spacial score (nSPS) is 10.3. The molecule has 0 aliphatic rings. The Hall–Kier alpha value is -2.44. The van der Waals surface area contributed by atoms with Crippen molar-refractivity contribution < 1.29 is 24.5 Å². The summed E-state index contributed by atoms with van der Waals surface area (Å²) in [5.74, 6) is -1.94. The van der Waals surface area contributed by atoms with Gasteiger partial charge in [-0.15, -0.1) is 0 Å². The molecule has 1 amide bonds. The number of hydrogen-bond acceptors (Lipinski definition) is 4. The number of carbonyl (C=O) groups is 2. The van der Waals surface area contributed by atoms with Crippen LogP contribution in [0.1, 0.15) is 26.3 Å². The molecule has 0 atom stereocenters. The summed E-state index contributed by atoms with van der Waals surface area (Å²) in [5.41, 5.74) is 0.399. The highest BCUT2D eigenvalue weighted by atomic mass is 35.5. The molecule has 3 N–H and O–H groups in total. The number of hydrogen-bond donors (Lipinski definition) is 3. The molecule has 0 fully saturated rings. The summed E-state index contributed by atoms with van der Waals surface area (Å²) in [6.45, 7) is 1.53. The number of rotatable bonds is 4. The summed E-state index contributed by atoms with van der Waals surface area (Å²) >= 11 is 12.0. The Balaban J connectivity index is 2.35. The summed E-state index contributed by atoms with van der Waals surface area (Å²) in [4.78, 5) is 23.4. The van der Waals surface area contributed by atoms with Gasteiger partial charge < -0.3 is 20.3 Å². The predicted molar refractivity (Wildman–Crippen MR) is 90.8 cm³/mol. The van der Waals surface area contributed by atoms with Crippen molar-refractivity contribution in [2.45, 2.75) is 6.92 Å². The number of benzene rings is 2. The zero-order valence-electron chi connectivity index (χ0n) is 12.7. The van der Waals surface area contributed by atoms with Gasteiger partial charge in [0.05, 0.1) is 17.2 Å². The van der Waals surface area contributed by atoms with Gasteiger partial charge >= 0.3 is 5.97 Å². The molecule has 8 heteroatoms. The van der Waals surface area contributed by atoms with Crippen LogP contribution in [0.3, 0.4) is 0 Å². The highest BCUT2D eigenvalue weighted by Gasteiger charge is 2.17. The van der Waals surface area contributed by atoms with E-state index in [-0.39, 0.29) is 38.4 Å². The van der Waals surface area contributed by atoms with Crippen LogP contribution in [0.5, 0.6) is 11.5 Å².